The van der Waals surface area contributed by atoms with E-state index in [4.69, 9.17) is 4.74 Å². The van der Waals surface area contributed by atoms with Crippen LogP contribution in [0.3, 0.4) is 0 Å². The second kappa shape index (κ2) is 8.25. The molecule has 2 aromatic rings. The Kier molecular flexibility index (Phi) is 5.81. The fourth-order valence-electron chi connectivity index (χ4n) is 2.72. The normalized spacial score (nSPS) is 12.8. The van der Waals surface area contributed by atoms with Crippen LogP contribution in [0, 0.1) is 11.3 Å². The van der Waals surface area contributed by atoms with Crippen LogP contribution in [0.4, 0.5) is 9.80 Å². The van der Waals surface area contributed by atoms with Gasteiger partial charge < -0.3 is 15.0 Å². The Balaban J connectivity index is 1.69. The number of hydrogen-bond acceptors (Lipinski definition) is 6. The van der Waals surface area contributed by atoms with Gasteiger partial charge in [0, 0.05) is 16.3 Å². The third kappa shape index (κ3) is 4.00. The molecule has 0 spiro atoms. The minimum Gasteiger partial charge on any atom is -0.453 e. The lowest BCUT2D eigenvalue weighted by Crippen LogP contribution is -2.35. The van der Waals surface area contributed by atoms with Crippen LogP contribution in [0.2, 0.25) is 0 Å². The van der Waals surface area contributed by atoms with Crippen molar-refractivity contribution in [1.29, 1.82) is 5.26 Å². The molecule has 8 heteroatoms. The molecule has 1 N–H and O–H groups in total. The van der Waals surface area contributed by atoms with E-state index in [1.807, 2.05) is 30.3 Å². The fraction of sp³-hybridized carbons (Fsp3) is 0.278. The SMILES string of the molecule is COC(=O)N1CCc2c(sc(NC(=O)CSc3ccccc3)c2C#N)C1. The van der Waals surface area contributed by atoms with Crippen LogP contribution < -0.4 is 5.32 Å². The molecule has 0 fully saturated rings. The van der Waals surface area contributed by atoms with E-state index in [1.54, 1.807) is 4.90 Å². The summed E-state index contributed by atoms with van der Waals surface area (Å²) in [5.41, 5.74) is 1.43. The van der Waals surface area contributed by atoms with Crippen LogP contribution in [-0.4, -0.2) is 36.3 Å². The second-order valence-corrected chi connectivity index (χ2v) is 7.77. The van der Waals surface area contributed by atoms with E-state index in [0.29, 0.717) is 30.1 Å². The Hall–Kier alpha value is -2.50. The largest absolute Gasteiger partial charge is 0.453 e. The van der Waals surface area contributed by atoms with Gasteiger partial charge in [-0.2, -0.15) is 5.26 Å². The van der Waals surface area contributed by atoms with Gasteiger partial charge in [0.2, 0.25) is 5.91 Å². The number of thioether (sulfide) groups is 1. The van der Waals surface area contributed by atoms with E-state index in [-0.39, 0.29) is 17.8 Å². The summed E-state index contributed by atoms with van der Waals surface area (Å²) < 4.78 is 4.76. The molecule has 134 valence electrons. The Labute approximate surface area is 159 Å². The molecule has 2 amide bonds. The molecule has 1 aliphatic rings. The number of fused-ring (bicyclic) bond motifs is 1. The first-order valence-corrected chi connectivity index (χ1v) is 9.77. The third-order valence-corrected chi connectivity index (χ3v) is 6.11. The predicted molar refractivity (Wildman–Crippen MR) is 101 cm³/mol. The average Bonchev–Trinajstić information content (AvgIpc) is 3.02. The number of hydrogen-bond donors (Lipinski definition) is 1. The number of anilines is 1. The molecule has 6 nitrogen and oxygen atoms in total. The van der Waals surface area contributed by atoms with E-state index >= 15 is 0 Å². The van der Waals surface area contributed by atoms with Gasteiger partial charge >= 0.3 is 6.09 Å². The Morgan fingerprint density at radius 2 is 2.15 bits per heavy atom. The molecule has 0 aliphatic carbocycles. The molecule has 1 aromatic carbocycles. The first kappa shape index (κ1) is 18.3. The topological polar surface area (TPSA) is 82.4 Å². The van der Waals surface area contributed by atoms with Crippen LogP contribution >= 0.6 is 23.1 Å². The highest BCUT2D eigenvalue weighted by Gasteiger charge is 2.27. The molecule has 1 aromatic heterocycles. The first-order chi connectivity index (χ1) is 12.6. The van der Waals surface area contributed by atoms with Crippen molar-refractivity contribution in [3.8, 4) is 6.07 Å². The summed E-state index contributed by atoms with van der Waals surface area (Å²) in [5.74, 6) is 0.116. The van der Waals surface area contributed by atoms with Crippen molar-refractivity contribution in [2.75, 3.05) is 24.7 Å². The van der Waals surface area contributed by atoms with Gasteiger partial charge in [0.1, 0.15) is 11.1 Å². The molecule has 0 saturated heterocycles. The number of nitrogens with zero attached hydrogens (tertiary/aromatic N) is 2. The Morgan fingerprint density at radius 1 is 1.38 bits per heavy atom. The second-order valence-electron chi connectivity index (χ2n) is 5.61. The van der Waals surface area contributed by atoms with Gasteiger partial charge in [-0.25, -0.2) is 4.79 Å². The quantitative estimate of drug-likeness (QED) is 0.812. The summed E-state index contributed by atoms with van der Waals surface area (Å²) in [6, 6.07) is 11.9. The zero-order chi connectivity index (χ0) is 18.5. The van der Waals surface area contributed by atoms with Gasteiger partial charge in [0.15, 0.2) is 0 Å². The van der Waals surface area contributed by atoms with Crippen LogP contribution in [0.5, 0.6) is 0 Å². The summed E-state index contributed by atoms with van der Waals surface area (Å²) in [6.07, 6.45) is 0.200. The molecule has 0 bridgehead atoms. The van der Waals surface area contributed by atoms with E-state index in [9.17, 15) is 14.9 Å². The Bertz CT molecular complexity index is 859. The number of thiophene rings is 1. The highest BCUT2D eigenvalue weighted by atomic mass is 32.2. The smallest absolute Gasteiger partial charge is 0.409 e. The lowest BCUT2D eigenvalue weighted by Gasteiger charge is -2.25. The maximum absolute atomic E-state index is 12.3. The summed E-state index contributed by atoms with van der Waals surface area (Å²) >= 11 is 2.80. The molecule has 26 heavy (non-hydrogen) atoms. The average molecular weight is 387 g/mol. The number of nitriles is 1. The third-order valence-electron chi connectivity index (χ3n) is 3.97. The number of methoxy groups -OCH3 is 1. The standard InChI is InChI=1S/C18H17N3O3S2/c1-24-18(23)21-8-7-13-14(9-19)17(26-15(13)10-21)20-16(22)11-25-12-5-3-2-4-6-12/h2-6H,7-8,10-11H2,1H3,(H,20,22). The summed E-state index contributed by atoms with van der Waals surface area (Å²) in [5, 5.41) is 12.9. The molecule has 2 heterocycles. The van der Waals surface area contributed by atoms with Crippen LogP contribution in [0.25, 0.3) is 0 Å². The van der Waals surface area contributed by atoms with E-state index in [1.165, 1.54) is 30.2 Å². The summed E-state index contributed by atoms with van der Waals surface area (Å²) in [7, 11) is 1.35. The van der Waals surface area contributed by atoms with E-state index in [2.05, 4.69) is 11.4 Å². The number of benzene rings is 1. The highest BCUT2D eigenvalue weighted by Crippen LogP contribution is 2.37. The summed E-state index contributed by atoms with van der Waals surface area (Å²) in [4.78, 5) is 27.5. The van der Waals surface area contributed by atoms with Gasteiger partial charge in [0.25, 0.3) is 0 Å². The fourth-order valence-corrected chi connectivity index (χ4v) is 4.67. The lowest BCUT2D eigenvalue weighted by molar-refractivity contribution is -0.113. The molecule has 0 saturated carbocycles. The van der Waals surface area contributed by atoms with Crippen molar-refractivity contribution >= 4 is 40.1 Å². The number of ether oxygens (including phenoxy) is 1. The minimum absolute atomic E-state index is 0.154. The van der Waals surface area contributed by atoms with Gasteiger partial charge in [-0.15, -0.1) is 23.1 Å². The van der Waals surface area contributed by atoms with E-state index in [0.717, 1.165) is 15.3 Å². The number of amides is 2. The maximum atomic E-state index is 12.3. The molecule has 3 rings (SSSR count). The van der Waals surface area contributed by atoms with Gasteiger partial charge in [-0.05, 0) is 24.1 Å². The van der Waals surface area contributed by atoms with Crippen LogP contribution in [0.15, 0.2) is 35.2 Å². The molecule has 0 atom stereocenters. The molecular weight excluding hydrogens is 370 g/mol. The predicted octanol–water partition coefficient (Wildman–Crippen LogP) is 3.48. The number of rotatable bonds is 4. The molecule has 0 unspecified atom stereocenters. The zero-order valence-corrected chi connectivity index (χ0v) is 15.8. The Morgan fingerprint density at radius 3 is 2.85 bits per heavy atom. The van der Waals surface area contributed by atoms with Crippen LogP contribution in [-0.2, 0) is 22.5 Å². The maximum Gasteiger partial charge on any atom is 0.409 e. The highest BCUT2D eigenvalue weighted by molar-refractivity contribution is 8.00. The monoisotopic (exact) mass is 387 g/mol. The van der Waals surface area contributed by atoms with Crippen molar-refractivity contribution in [1.82, 2.24) is 4.90 Å². The van der Waals surface area contributed by atoms with Gasteiger partial charge in [0.05, 0.1) is 25.0 Å². The van der Waals surface area contributed by atoms with Crippen molar-refractivity contribution in [3.05, 3.63) is 46.3 Å². The number of carbonyl (C=O) groups excluding carboxylic acids is 2. The molecule has 0 radical (unpaired) electrons. The first-order valence-electron chi connectivity index (χ1n) is 7.97. The minimum atomic E-state index is -0.382. The summed E-state index contributed by atoms with van der Waals surface area (Å²) in [6.45, 7) is 0.901. The van der Waals surface area contributed by atoms with Crippen molar-refractivity contribution in [2.24, 2.45) is 0 Å². The van der Waals surface area contributed by atoms with Crippen molar-refractivity contribution in [2.45, 2.75) is 17.9 Å². The molecule has 1 aliphatic heterocycles. The number of carbonyl (C=O) groups is 2. The van der Waals surface area contributed by atoms with Gasteiger partial charge in [-0.1, -0.05) is 18.2 Å². The van der Waals surface area contributed by atoms with Gasteiger partial charge in [-0.3, -0.25) is 4.79 Å². The zero-order valence-electron chi connectivity index (χ0n) is 14.2. The number of nitrogens with one attached hydrogen (secondary N) is 1. The van der Waals surface area contributed by atoms with Crippen LogP contribution in [0.1, 0.15) is 16.0 Å². The van der Waals surface area contributed by atoms with Crippen molar-refractivity contribution in [3.63, 3.8) is 0 Å². The molecular formula is C18H17N3O3S2. The lowest BCUT2D eigenvalue weighted by atomic mass is 10.0. The van der Waals surface area contributed by atoms with E-state index < -0.39 is 0 Å². The van der Waals surface area contributed by atoms with Crippen molar-refractivity contribution < 1.29 is 14.3 Å².